The molecular weight excluding hydrogens is 671 g/mol. The number of carbonyl (C=O) groups is 3. The number of unbranched alkanes of at least 4 members (excludes halogenated alkanes) is 26. The highest BCUT2D eigenvalue weighted by atomic mass is 16.3. The Morgan fingerprint density at radius 1 is 0.407 bits per heavy atom. The predicted molar refractivity (Wildman–Crippen MR) is 228 cm³/mol. The summed E-state index contributed by atoms with van der Waals surface area (Å²) in [7, 11) is 0. The summed E-state index contributed by atoms with van der Waals surface area (Å²) in [4.78, 5) is 39.7. The van der Waals surface area contributed by atoms with Crippen LogP contribution in [0.2, 0.25) is 0 Å². The fraction of sp³-hybridized carbons (Fsp3) is 0.681. The molecule has 0 heterocycles. The Balaban J connectivity index is 1.73. The van der Waals surface area contributed by atoms with E-state index in [0.29, 0.717) is 29.9 Å². The maximum Gasteiger partial charge on any atom is 0.255 e. The van der Waals surface area contributed by atoms with Gasteiger partial charge >= 0.3 is 0 Å². The Bertz CT molecular complexity index is 1260. The number of carbonyl (C=O) groups excluding carboxylic acids is 3. The average Bonchev–Trinajstić information content (AvgIpc) is 3.18. The van der Waals surface area contributed by atoms with Crippen molar-refractivity contribution in [3.05, 3.63) is 59.2 Å². The number of nitrogens with one attached hydrogen (secondary N) is 3. The van der Waals surface area contributed by atoms with Crippen molar-refractivity contribution >= 4 is 23.4 Å². The molecule has 0 aliphatic heterocycles. The number of phenols is 1. The number of hydrogen-bond acceptors (Lipinski definition) is 4. The molecule has 304 valence electrons. The van der Waals surface area contributed by atoms with E-state index in [1.54, 1.807) is 30.3 Å². The summed E-state index contributed by atoms with van der Waals surface area (Å²) in [5.41, 5.74) is 1.32. The van der Waals surface area contributed by atoms with Crippen molar-refractivity contribution in [2.45, 2.75) is 194 Å². The largest absolute Gasteiger partial charge is 0.508 e. The number of hydrogen-bond donors (Lipinski definition) is 4. The molecule has 0 fully saturated rings. The summed E-state index contributed by atoms with van der Waals surface area (Å²) in [6, 6.07) is 10.9. The van der Waals surface area contributed by atoms with E-state index in [1.165, 1.54) is 166 Å². The number of amides is 3. The highest BCUT2D eigenvalue weighted by Crippen LogP contribution is 2.18. The van der Waals surface area contributed by atoms with Gasteiger partial charge in [-0.05, 0) is 55.3 Å². The molecule has 0 saturated carbocycles. The van der Waals surface area contributed by atoms with Gasteiger partial charge in [0.2, 0.25) is 0 Å². The molecule has 2 aromatic carbocycles. The third kappa shape index (κ3) is 23.4. The first kappa shape index (κ1) is 46.8. The van der Waals surface area contributed by atoms with Crippen LogP contribution in [0, 0.1) is 0 Å². The third-order valence-electron chi connectivity index (χ3n) is 10.5. The van der Waals surface area contributed by atoms with Crippen LogP contribution in [0.5, 0.6) is 5.75 Å². The molecule has 0 saturated heterocycles. The predicted octanol–water partition coefficient (Wildman–Crippen LogP) is 13.1. The van der Waals surface area contributed by atoms with Gasteiger partial charge in [0.05, 0.1) is 0 Å². The minimum atomic E-state index is -0.428. The molecule has 4 N–H and O–H groups in total. The van der Waals surface area contributed by atoms with Crippen LogP contribution in [0.15, 0.2) is 42.5 Å². The van der Waals surface area contributed by atoms with Gasteiger partial charge in [0.25, 0.3) is 17.7 Å². The second-order valence-corrected chi connectivity index (χ2v) is 15.5. The number of rotatable bonds is 34. The summed E-state index contributed by atoms with van der Waals surface area (Å²) in [6.45, 7) is 5.64. The Labute approximate surface area is 329 Å². The second-order valence-electron chi connectivity index (χ2n) is 15.5. The zero-order valence-electron chi connectivity index (χ0n) is 34.4. The van der Waals surface area contributed by atoms with Crippen molar-refractivity contribution in [2.75, 3.05) is 18.4 Å². The van der Waals surface area contributed by atoms with E-state index >= 15 is 0 Å². The fourth-order valence-corrected chi connectivity index (χ4v) is 7.02. The maximum atomic E-state index is 13.2. The lowest BCUT2D eigenvalue weighted by molar-refractivity contribution is 0.0952. The fourth-order valence-electron chi connectivity index (χ4n) is 7.02. The second kappa shape index (κ2) is 31.9. The monoisotopic (exact) mass is 748 g/mol. The van der Waals surface area contributed by atoms with Crippen molar-refractivity contribution < 1.29 is 19.5 Å². The Kier molecular flexibility index (Phi) is 27.7. The lowest BCUT2D eigenvalue weighted by atomic mass is 10.0. The quantitative estimate of drug-likeness (QED) is 0.0422. The highest BCUT2D eigenvalue weighted by Gasteiger charge is 2.17. The molecule has 0 aromatic heterocycles. The zero-order valence-corrected chi connectivity index (χ0v) is 34.4. The van der Waals surface area contributed by atoms with E-state index < -0.39 is 5.91 Å². The molecule has 7 heteroatoms. The van der Waals surface area contributed by atoms with E-state index in [0.717, 1.165) is 25.7 Å². The van der Waals surface area contributed by atoms with Crippen LogP contribution in [0.4, 0.5) is 5.69 Å². The van der Waals surface area contributed by atoms with Crippen LogP contribution in [-0.2, 0) is 0 Å². The lowest BCUT2D eigenvalue weighted by Crippen LogP contribution is -2.28. The number of benzene rings is 2. The molecule has 0 bridgehead atoms. The van der Waals surface area contributed by atoms with Gasteiger partial charge in [-0.1, -0.05) is 181 Å². The molecule has 54 heavy (non-hydrogen) atoms. The first-order valence-electron chi connectivity index (χ1n) is 22.3. The van der Waals surface area contributed by atoms with Crippen LogP contribution in [0.3, 0.4) is 0 Å². The molecule has 2 aromatic rings. The molecule has 0 unspecified atom stereocenters. The number of phenolic OH excluding ortho intramolecular Hbond substituents is 1. The highest BCUT2D eigenvalue weighted by molar-refractivity contribution is 6.08. The average molecular weight is 748 g/mol. The third-order valence-corrected chi connectivity index (χ3v) is 10.5. The standard InChI is InChI=1S/C47H77N3O4/c1-3-5-7-9-11-13-15-17-18-19-20-22-24-26-28-30-36-49-46(53)41-37-40(38-42(39-41)47(54)50-43-31-33-44(51)34-32-43)45(52)48-35-29-27-25-23-21-16-14-12-10-8-6-4-2/h31-34,37-39,51H,3-30,35-36H2,1-2H3,(H,48,52)(H,49,53)(H,50,54). The van der Waals surface area contributed by atoms with Crippen molar-refractivity contribution in [3.63, 3.8) is 0 Å². The summed E-state index contributed by atoms with van der Waals surface area (Å²) in [6.07, 6.45) is 35.8. The van der Waals surface area contributed by atoms with Crippen LogP contribution in [0.1, 0.15) is 225 Å². The molecule has 0 aliphatic rings. The zero-order chi connectivity index (χ0) is 38.9. The van der Waals surface area contributed by atoms with E-state index in [-0.39, 0.29) is 23.1 Å². The summed E-state index contributed by atoms with van der Waals surface area (Å²) in [5.74, 6) is -0.902. The van der Waals surface area contributed by atoms with Crippen LogP contribution in [-0.4, -0.2) is 35.9 Å². The van der Waals surface area contributed by atoms with Gasteiger partial charge in [0, 0.05) is 35.5 Å². The van der Waals surface area contributed by atoms with E-state index in [2.05, 4.69) is 29.8 Å². The Morgan fingerprint density at radius 2 is 0.685 bits per heavy atom. The molecule has 2 rings (SSSR count). The van der Waals surface area contributed by atoms with E-state index in [4.69, 9.17) is 0 Å². The molecular formula is C47H77N3O4. The minimum absolute atomic E-state index is 0.100. The van der Waals surface area contributed by atoms with Gasteiger partial charge in [0.1, 0.15) is 5.75 Å². The van der Waals surface area contributed by atoms with Gasteiger partial charge < -0.3 is 21.1 Å². The van der Waals surface area contributed by atoms with E-state index in [9.17, 15) is 19.5 Å². The van der Waals surface area contributed by atoms with Gasteiger partial charge in [-0.3, -0.25) is 14.4 Å². The van der Waals surface area contributed by atoms with Crippen molar-refractivity contribution in [3.8, 4) is 5.75 Å². The maximum absolute atomic E-state index is 13.2. The molecule has 0 spiro atoms. The van der Waals surface area contributed by atoms with Crippen molar-refractivity contribution in [1.82, 2.24) is 10.6 Å². The van der Waals surface area contributed by atoms with Gasteiger partial charge in [-0.25, -0.2) is 0 Å². The topological polar surface area (TPSA) is 108 Å². The van der Waals surface area contributed by atoms with Crippen LogP contribution in [0.25, 0.3) is 0 Å². The smallest absolute Gasteiger partial charge is 0.255 e. The van der Waals surface area contributed by atoms with Crippen molar-refractivity contribution in [2.24, 2.45) is 0 Å². The lowest BCUT2D eigenvalue weighted by Gasteiger charge is -2.12. The number of anilines is 1. The molecule has 0 aliphatic carbocycles. The summed E-state index contributed by atoms with van der Waals surface area (Å²) < 4.78 is 0. The van der Waals surface area contributed by atoms with Crippen molar-refractivity contribution in [1.29, 1.82) is 0 Å². The Morgan fingerprint density at radius 3 is 1.00 bits per heavy atom. The summed E-state index contributed by atoms with van der Waals surface area (Å²) >= 11 is 0. The SMILES string of the molecule is CCCCCCCCCCCCCCCCCCNC(=O)c1cc(C(=O)NCCCCCCCCCCCCCC)cc(C(=O)Nc2ccc(O)cc2)c1. The molecule has 0 radical (unpaired) electrons. The minimum Gasteiger partial charge on any atom is -0.508 e. The molecule has 7 nitrogen and oxygen atoms in total. The van der Waals surface area contributed by atoms with Crippen LogP contribution < -0.4 is 16.0 Å². The van der Waals surface area contributed by atoms with Gasteiger partial charge in [0.15, 0.2) is 0 Å². The molecule has 0 atom stereocenters. The van der Waals surface area contributed by atoms with E-state index in [1.807, 2.05) is 0 Å². The van der Waals surface area contributed by atoms with Gasteiger partial charge in [-0.15, -0.1) is 0 Å². The van der Waals surface area contributed by atoms with Crippen LogP contribution >= 0.6 is 0 Å². The number of aromatic hydroxyl groups is 1. The normalized spacial score (nSPS) is 11.1. The first-order chi connectivity index (χ1) is 26.4. The van der Waals surface area contributed by atoms with Gasteiger partial charge in [-0.2, -0.15) is 0 Å². The molecule has 3 amide bonds. The Hall–Kier alpha value is -3.35. The summed E-state index contributed by atoms with van der Waals surface area (Å²) in [5, 5.41) is 18.4. The first-order valence-corrected chi connectivity index (χ1v) is 22.3.